The lowest BCUT2D eigenvalue weighted by molar-refractivity contribution is -0.144. The second-order valence-corrected chi connectivity index (χ2v) is 7.42. The van der Waals surface area contributed by atoms with Crippen molar-refractivity contribution in [2.75, 3.05) is 4.90 Å². The van der Waals surface area contributed by atoms with Gasteiger partial charge < -0.3 is 9.84 Å². The number of carboxylic acids is 1. The summed E-state index contributed by atoms with van der Waals surface area (Å²) in [6, 6.07) is 10.8. The zero-order valence-electron chi connectivity index (χ0n) is 15.4. The van der Waals surface area contributed by atoms with E-state index in [2.05, 4.69) is 5.32 Å². The van der Waals surface area contributed by atoms with Gasteiger partial charge in [0, 0.05) is 0 Å². The number of anilines is 1. The lowest BCUT2D eigenvalue weighted by atomic mass is 10.1. The molecule has 1 heterocycles. The number of carbonyl (C=O) groups excluding carboxylic acids is 2. The second-order valence-electron chi connectivity index (χ2n) is 6.22. The van der Waals surface area contributed by atoms with Crippen molar-refractivity contribution in [3.05, 3.63) is 63.6 Å². The Labute approximate surface area is 186 Å². The van der Waals surface area contributed by atoms with Crippen LogP contribution in [0, 0.1) is 0 Å². The molecule has 1 fully saturated rings. The second kappa shape index (κ2) is 8.83. The molecule has 0 aliphatic carbocycles. The Morgan fingerprint density at radius 3 is 2.43 bits per heavy atom. The van der Waals surface area contributed by atoms with Gasteiger partial charge in [-0.05, 0) is 61.1 Å². The molecule has 3 rings (SSSR count). The first-order chi connectivity index (χ1) is 14.2. The zero-order chi connectivity index (χ0) is 22.0. The monoisotopic (exact) mass is 464 g/mol. The Bertz CT molecular complexity index is 1090. The molecule has 30 heavy (non-hydrogen) atoms. The van der Waals surface area contributed by atoms with Crippen LogP contribution in [0.25, 0.3) is 6.08 Å². The number of nitrogens with one attached hydrogen (secondary N) is 1. The largest absolute Gasteiger partial charge is 0.479 e. The molecule has 2 N–H and O–H groups in total. The standard InChI is InChI=1S/C20H14Cl2N2O5S/c1-10(19(27)28)29-13-5-2-11(3-6-13)8-14-17(25)23-20(30)24(18(14)26)12-4-7-15(21)16(22)9-12/h2-10H,1H3,(H,27,28)(H,23,25,30)/b14-8+/t10-/m0/s1. The average Bonchev–Trinajstić information content (AvgIpc) is 2.69. The molecule has 2 aromatic carbocycles. The van der Waals surface area contributed by atoms with Gasteiger partial charge in [0.2, 0.25) is 0 Å². The first-order valence-electron chi connectivity index (χ1n) is 8.53. The topological polar surface area (TPSA) is 95.9 Å². The summed E-state index contributed by atoms with van der Waals surface area (Å²) in [5.74, 6) is -2.02. The van der Waals surface area contributed by atoms with Crippen molar-refractivity contribution in [3.63, 3.8) is 0 Å². The molecule has 1 aliphatic rings. The van der Waals surface area contributed by atoms with E-state index in [1.54, 1.807) is 30.3 Å². The van der Waals surface area contributed by atoms with Crippen molar-refractivity contribution in [1.29, 1.82) is 0 Å². The predicted molar refractivity (Wildman–Crippen MR) is 117 cm³/mol. The summed E-state index contributed by atoms with van der Waals surface area (Å²) in [4.78, 5) is 37.4. The number of rotatable bonds is 5. The van der Waals surface area contributed by atoms with E-state index in [-0.39, 0.29) is 15.7 Å². The molecule has 0 unspecified atom stereocenters. The summed E-state index contributed by atoms with van der Waals surface area (Å²) < 4.78 is 5.26. The molecule has 1 saturated heterocycles. The smallest absolute Gasteiger partial charge is 0.344 e. The summed E-state index contributed by atoms with van der Waals surface area (Å²) in [7, 11) is 0. The number of benzene rings is 2. The van der Waals surface area contributed by atoms with Crippen LogP contribution in [0.3, 0.4) is 0 Å². The number of hydrogen-bond acceptors (Lipinski definition) is 5. The minimum Gasteiger partial charge on any atom is -0.479 e. The molecular formula is C20H14Cl2N2O5S. The van der Waals surface area contributed by atoms with Gasteiger partial charge in [0.1, 0.15) is 11.3 Å². The van der Waals surface area contributed by atoms with Gasteiger partial charge in [0.25, 0.3) is 11.8 Å². The fraction of sp³-hybridized carbons (Fsp3) is 0.100. The van der Waals surface area contributed by atoms with Crippen molar-refractivity contribution in [1.82, 2.24) is 5.32 Å². The zero-order valence-corrected chi connectivity index (χ0v) is 17.7. The lowest BCUT2D eigenvalue weighted by Gasteiger charge is -2.29. The maximum atomic E-state index is 13.0. The Hall–Kier alpha value is -2.94. The van der Waals surface area contributed by atoms with E-state index < -0.39 is 23.9 Å². The van der Waals surface area contributed by atoms with Crippen molar-refractivity contribution in [3.8, 4) is 5.75 Å². The van der Waals surface area contributed by atoms with E-state index in [1.807, 2.05) is 0 Å². The highest BCUT2D eigenvalue weighted by molar-refractivity contribution is 7.80. The van der Waals surface area contributed by atoms with E-state index in [9.17, 15) is 14.4 Å². The summed E-state index contributed by atoms with van der Waals surface area (Å²) in [5, 5.41) is 11.8. The van der Waals surface area contributed by atoms with Gasteiger partial charge in [0.05, 0.1) is 15.7 Å². The predicted octanol–water partition coefficient (Wildman–Crippen LogP) is 3.68. The van der Waals surface area contributed by atoms with Crippen LogP contribution >= 0.6 is 35.4 Å². The average molecular weight is 465 g/mol. The SMILES string of the molecule is C[C@H](Oc1ccc(/C=C2\C(=O)NC(=S)N(c3ccc(Cl)c(Cl)c3)C2=O)cc1)C(=O)O. The van der Waals surface area contributed by atoms with Gasteiger partial charge in [-0.2, -0.15) is 0 Å². The van der Waals surface area contributed by atoms with E-state index in [1.165, 1.54) is 25.1 Å². The van der Waals surface area contributed by atoms with Crippen LogP contribution in [-0.2, 0) is 14.4 Å². The number of halogens is 2. The summed E-state index contributed by atoms with van der Waals surface area (Å²) in [6.07, 6.45) is 0.384. The molecule has 0 saturated carbocycles. The van der Waals surface area contributed by atoms with E-state index in [0.29, 0.717) is 22.0 Å². The molecule has 0 bridgehead atoms. The maximum absolute atomic E-state index is 13.0. The number of aliphatic carboxylic acids is 1. The third-order valence-corrected chi connectivity index (χ3v) is 5.14. The van der Waals surface area contributed by atoms with Crippen molar-refractivity contribution < 1.29 is 24.2 Å². The molecule has 7 nitrogen and oxygen atoms in total. The quantitative estimate of drug-likeness (QED) is 0.398. The van der Waals surface area contributed by atoms with Gasteiger partial charge in [-0.15, -0.1) is 0 Å². The molecule has 10 heteroatoms. The number of hydrogen-bond donors (Lipinski definition) is 2. The van der Waals surface area contributed by atoms with Gasteiger partial charge in [-0.1, -0.05) is 35.3 Å². The number of thiocarbonyl (C=S) groups is 1. The van der Waals surface area contributed by atoms with E-state index >= 15 is 0 Å². The van der Waals surface area contributed by atoms with Crippen LogP contribution in [0.1, 0.15) is 12.5 Å². The summed E-state index contributed by atoms with van der Waals surface area (Å²) in [6.45, 7) is 1.41. The first kappa shape index (κ1) is 21.8. The van der Waals surface area contributed by atoms with Crippen molar-refractivity contribution in [2.45, 2.75) is 13.0 Å². The number of carboxylic acid groups (broad SMARTS) is 1. The minimum atomic E-state index is -1.09. The Morgan fingerprint density at radius 2 is 1.83 bits per heavy atom. The fourth-order valence-electron chi connectivity index (χ4n) is 2.58. The molecule has 1 atom stereocenters. The van der Waals surface area contributed by atoms with E-state index in [4.69, 9.17) is 45.3 Å². The van der Waals surface area contributed by atoms with Crippen LogP contribution in [0.5, 0.6) is 5.75 Å². The van der Waals surface area contributed by atoms with Crippen LogP contribution in [-0.4, -0.2) is 34.1 Å². The lowest BCUT2D eigenvalue weighted by Crippen LogP contribution is -2.54. The Balaban J connectivity index is 1.88. The number of ether oxygens (including phenoxy) is 1. The molecular weight excluding hydrogens is 451 g/mol. The third kappa shape index (κ3) is 4.62. The number of amides is 2. The van der Waals surface area contributed by atoms with Gasteiger partial charge in [-0.3, -0.25) is 19.8 Å². The fourth-order valence-corrected chi connectivity index (χ4v) is 3.15. The molecule has 2 amide bonds. The number of carbonyl (C=O) groups is 3. The molecule has 0 spiro atoms. The number of nitrogens with zero attached hydrogens (tertiary/aromatic N) is 1. The Kier molecular flexibility index (Phi) is 6.40. The molecule has 0 radical (unpaired) electrons. The molecule has 1 aliphatic heterocycles. The highest BCUT2D eigenvalue weighted by atomic mass is 35.5. The highest BCUT2D eigenvalue weighted by Crippen LogP contribution is 2.29. The van der Waals surface area contributed by atoms with E-state index in [0.717, 1.165) is 4.90 Å². The highest BCUT2D eigenvalue weighted by Gasteiger charge is 2.34. The normalized spacial score (nSPS) is 16.4. The Morgan fingerprint density at radius 1 is 1.17 bits per heavy atom. The molecule has 2 aromatic rings. The van der Waals surface area contributed by atoms with Crippen molar-refractivity contribution in [2.24, 2.45) is 0 Å². The van der Waals surface area contributed by atoms with Crippen LogP contribution in [0.2, 0.25) is 10.0 Å². The molecule has 0 aromatic heterocycles. The molecule has 154 valence electrons. The summed E-state index contributed by atoms with van der Waals surface area (Å²) in [5.41, 5.74) is 0.754. The third-order valence-electron chi connectivity index (χ3n) is 4.11. The van der Waals surface area contributed by atoms with Gasteiger partial charge in [0.15, 0.2) is 11.2 Å². The van der Waals surface area contributed by atoms with Crippen LogP contribution in [0.15, 0.2) is 48.0 Å². The minimum absolute atomic E-state index is 0.0769. The van der Waals surface area contributed by atoms with Crippen LogP contribution < -0.4 is 15.0 Å². The van der Waals surface area contributed by atoms with Crippen LogP contribution in [0.4, 0.5) is 5.69 Å². The van der Waals surface area contributed by atoms with Crippen molar-refractivity contribution >= 4 is 70.1 Å². The first-order valence-corrected chi connectivity index (χ1v) is 9.70. The van der Waals surface area contributed by atoms with Gasteiger partial charge >= 0.3 is 5.97 Å². The van der Waals surface area contributed by atoms with Gasteiger partial charge in [-0.25, -0.2) is 4.79 Å². The summed E-state index contributed by atoms with van der Waals surface area (Å²) >= 11 is 17.1. The maximum Gasteiger partial charge on any atom is 0.344 e.